The van der Waals surface area contributed by atoms with Crippen molar-refractivity contribution in [3.63, 3.8) is 0 Å². The number of benzene rings is 2. The highest BCUT2D eigenvalue weighted by molar-refractivity contribution is 7.86. The van der Waals surface area contributed by atoms with E-state index in [1.165, 1.54) is 0 Å². The van der Waals surface area contributed by atoms with Gasteiger partial charge in [-0.05, 0) is 54.8 Å². The summed E-state index contributed by atoms with van der Waals surface area (Å²) in [5.74, 6) is 0.830. The van der Waals surface area contributed by atoms with Crippen LogP contribution in [0.3, 0.4) is 0 Å². The van der Waals surface area contributed by atoms with Crippen LogP contribution in [0.15, 0.2) is 48.5 Å². The van der Waals surface area contributed by atoms with Crippen molar-refractivity contribution in [2.45, 2.75) is 25.5 Å². The van der Waals surface area contributed by atoms with Gasteiger partial charge in [-0.3, -0.25) is 4.79 Å². The van der Waals surface area contributed by atoms with Crippen LogP contribution in [0.4, 0.5) is 0 Å². The Hall–Kier alpha value is -2.58. The van der Waals surface area contributed by atoms with Crippen LogP contribution in [0, 0.1) is 0 Å². The number of rotatable bonds is 8. The maximum Gasteiger partial charge on any atom is 0.306 e. The van der Waals surface area contributed by atoms with Crippen LogP contribution in [0.25, 0.3) is 0 Å². The highest BCUT2D eigenvalue weighted by atomic mass is 32.2. The molecule has 1 aliphatic rings. The summed E-state index contributed by atoms with van der Waals surface area (Å²) in [6.07, 6.45) is 2.93. The highest BCUT2D eigenvalue weighted by Crippen LogP contribution is 2.20. The summed E-state index contributed by atoms with van der Waals surface area (Å²) in [4.78, 5) is 14.9. The Balaban J connectivity index is 1.76. The molecule has 0 spiro atoms. The van der Waals surface area contributed by atoms with Crippen molar-refractivity contribution in [1.29, 1.82) is 0 Å². The van der Waals surface area contributed by atoms with Crippen molar-refractivity contribution >= 4 is 16.0 Å². The largest absolute Gasteiger partial charge is 0.497 e. The molecule has 0 radical (unpaired) electrons. The van der Waals surface area contributed by atoms with Crippen LogP contribution in [0.1, 0.15) is 28.8 Å². The maximum absolute atomic E-state index is 13.1. The lowest BCUT2D eigenvalue weighted by Gasteiger charge is -2.26. The minimum absolute atomic E-state index is 0.0186. The van der Waals surface area contributed by atoms with Gasteiger partial charge in [-0.1, -0.05) is 12.1 Å². The molecule has 1 saturated heterocycles. The average Bonchev–Trinajstić information content (AvgIpc) is 3.20. The zero-order valence-corrected chi connectivity index (χ0v) is 17.4. The van der Waals surface area contributed by atoms with Gasteiger partial charge in [0.2, 0.25) is 0 Å². The molecule has 1 atom stereocenters. The molecule has 1 fully saturated rings. The van der Waals surface area contributed by atoms with Gasteiger partial charge in [-0.2, -0.15) is 8.42 Å². The van der Waals surface area contributed by atoms with Gasteiger partial charge in [0.05, 0.1) is 19.5 Å². The molecule has 0 bridgehead atoms. The standard InChI is InChI=1S/C21H25NO6S/c1-26-18-11-7-17(8-12-18)21(23)22(15-20-4-3-13-27-20)14-16-5-9-19(10-6-16)28-29(2,24)25/h5-12,20H,3-4,13-15H2,1-2H3/t20-/m1/s1. The van der Waals surface area contributed by atoms with Crippen molar-refractivity contribution in [2.75, 3.05) is 26.5 Å². The molecule has 1 amide bonds. The van der Waals surface area contributed by atoms with Crippen molar-refractivity contribution < 1.29 is 26.9 Å². The van der Waals surface area contributed by atoms with Gasteiger partial charge in [0.15, 0.2) is 0 Å². The van der Waals surface area contributed by atoms with Crippen LogP contribution in [-0.4, -0.2) is 51.8 Å². The van der Waals surface area contributed by atoms with E-state index in [1.807, 2.05) is 0 Å². The lowest BCUT2D eigenvalue weighted by molar-refractivity contribution is 0.0507. The first-order valence-electron chi connectivity index (χ1n) is 9.37. The summed E-state index contributed by atoms with van der Waals surface area (Å²) >= 11 is 0. The predicted molar refractivity (Wildman–Crippen MR) is 109 cm³/mol. The molecular weight excluding hydrogens is 394 g/mol. The van der Waals surface area contributed by atoms with Gasteiger partial charge in [0.25, 0.3) is 5.91 Å². The first-order chi connectivity index (χ1) is 13.8. The number of nitrogens with zero attached hydrogens (tertiary/aromatic N) is 1. The second kappa shape index (κ2) is 9.28. The fourth-order valence-electron chi connectivity index (χ4n) is 3.22. The summed E-state index contributed by atoms with van der Waals surface area (Å²) in [5.41, 5.74) is 1.44. The highest BCUT2D eigenvalue weighted by Gasteiger charge is 2.24. The monoisotopic (exact) mass is 419 g/mol. The average molecular weight is 419 g/mol. The van der Waals surface area contributed by atoms with E-state index in [-0.39, 0.29) is 17.8 Å². The number of carbonyl (C=O) groups excluding carboxylic acids is 1. The Kier molecular flexibility index (Phi) is 6.76. The van der Waals surface area contributed by atoms with Crippen molar-refractivity contribution in [3.8, 4) is 11.5 Å². The molecule has 1 aliphatic heterocycles. The van der Waals surface area contributed by atoms with E-state index < -0.39 is 10.1 Å². The van der Waals surface area contributed by atoms with Gasteiger partial charge < -0.3 is 18.6 Å². The van der Waals surface area contributed by atoms with Crippen molar-refractivity contribution in [2.24, 2.45) is 0 Å². The Morgan fingerprint density at radius 3 is 2.31 bits per heavy atom. The molecule has 2 aromatic carbocycles. The zero-order chi connectivity index (χ0) is 20.9. The number of hydrogen-bond acceptors (Lipinski definition) is 6. The minimum atomic E-state index is -3.58. The zero-order valence-electron chi connectivity index (χ0n) is 16.5. The molecule has 7 nitrogen and oxygen atoms in total. The first-order valence-corrected chi connectivity index (χ1v) is 11.2. The van der Waals surface area contributed by atoms with Crippen LogP contribution >= 0.6 is 0 Å². The molecule has 0 aromatic heterocycles. The third-order valence-corrected chi connectivity index (χ3v) is 5.11. The van der Waals surface area contributed by atoms with E-state index >= 15 is 0 Å². The van der Waals surface area contributed by atoms with Crippen molar-refractivity contribution in [1.82, 2.24) is 4.90 Å². The van der Waals surface area contributed by atoms with E-state index in [4.69, 9.17) is 13.7 Å². The van der Waals surface area contributed by atoms with E-state index in [9.17, 15) is 13.2 Å². The summed E-state index contributed by atoms with van der Waals surface area (Å²) in [7, 11) is -1.99. The fourth-order valence-corrected chi connectivity index (χ4v) is 3.68. The van der Waals surface area contributed by atoms with Crippen molar-refractivity contribution in [3.05, 3.63) is 59.7 Å². The Morgan fingerprint density at radius 1 is 1.10 bits per heavy atom. The van der Waals surface area contributed by atoms with Gasteiger partial charge in [0, 0.05) is 25.3 Å². The third kappa shape index (κ3) is 6.20. The summed E-state index contributed by atoms with van der Waals surface area (Å²) < 4.78 is 38.2. The number of methoxy groups -OCH3 is 1. The molecule has 1 heterocycles. The topological polar surface area (TPSA) is 82.1 Å². The molecule has 0 saturated carbocycles. The maximum atomic E-state index is 13.1. The quantitative estimate of drug-likeness (QED) is 0.612. The Bertz CT molecular complexity index is 919. The molecule has 29 heavy (non-hydrogen) atoms. The van der Waals surface area contributed by atoms with Crippen LogP contribution in [0.2, 0.25) is 0 Å². The number of ether oxygens (including phenoxy) is 2. The SMILES string of the molecule is COc1ccc(C(=O)N(Cc2ccc(OS(C)(=O)=O)cc2)C[C@H]2CCCO2)cc1. The molecule has 0 aliphatic carbocycles. The normalized spacial score (nSPS) is 16.4. The van der Waals surface area contributed by atoms with Gasteiger partial charge in [-0.25, -0.2) is 0 Å². The molecule has 8 heteroatoms. The number of amides is 1. The van der Waals surface area contributed by atoms with Crippen LogP contribution < -0.4 is 8.92 Å². The number of carbonyl (C=O) groups is 1. The molecule has 2 aromatic rings. The van der Waals surface area contributed by atoms with E-state index in [2.05, 4.69) is 0 Å². The third-order valence-electron chi connectivity index (χ3n) is 4.62. The smallest absolute Gasteiger partial charge is 0.306 e. The lowest BCUT2D eigenvalue weighted by atomic mass is 10.1. The fraction of sp³-hybridized carbons (Fsp3) is 0.381. The van der Waals surface area contributed by atoms with Gasteiger partial charge in [0.1, 0.15) is 11.5 Å². The number of hydrogen-bond donors (Lipinski definition) is 0. The van der Waals surface area contributed by atoms with E-state index in [1.54, 1.807) is 60.5 Å². The van der Waals surface area contributed by atoms with E-state index in [0.29, 0.717) is 31.0 Å². The molecule has 3 rings (SSSR count). The van der Waals surface area contributed by atoms with Gasteiger partial charge >= 0.3 is 10.1 Å². The lowest BCUT2D eigenvalue weighted by Crippen LogP contribution is -2.37. The molecule has 156 valence electrons. The molecular formula is C21H25NO6S. The van der Waals surface area contributed by atoms with Crippen LogP contribution in [-0.2, 0) is 21.4 Å². The second-order valence-corrected chi connectivity index (χ2v) is 8.56. The van der Waals surface area contributed by atoms with Crippen LogP contribution in [0.5, 0.6) is 11.5 Å². The summed E-state index contributed by atoms with van der Waals surface area (Å²) in [6, 6.07) is 13.7. The first kappa shape index (κ1) is 21.1. The summed E-state index contributed by atoms with van der Waals surface area (Å²) in [6.45, 7) is 1.59. The van der Waals surface area contributed by atoms with E-state index in [0.717, 1.165) is 24.7 Å². The summed E-state index contributed by atoms with van der Waals surface area (Å²) in [5, 5.41) is 0. The second-order valence-electron chi connectivity index (χ2n) is 6.98. The Labute approximate surface area is 171 Å². The predicted octanol–water partition coefficient (Wildman–Crippen LogP) is 2.86. The van der Waals surface area contributed by atoms with Gasteiger partial charge in [-0.15, -0.1) is 0 Å². The molecule has 0 unspecified atom stereocenters. The molecule has 0 N–H and O–H groups in total. The minimum Gasteiger partial charge on any atom is -0.497 e. The Morgan fingerprint density at radius 2 is 1.76 bits per heavy atom.